The number of nitrogens with zero attached hydrogens (tertiary/aromatic N) is 1. The monoisotopic (exact) mass is 548 g/mol. The first-order valence-corrected chi connectivity index (χ1v) is 12.0. The van der Waals surface area contributed by atoms with E-state index in [1.54, 1.807) is 48.4 Å². The predicted octanol–water partition coefficient (Wildman–Crippen LogP) is 5.02. The van der Waals surface area contributed by atoms with Gasteiger partial charge in [0, 0.05) is 20.3 Å². The molecule has 2 aromatic rings. The molecule has 12 heteroatoms. The van der Waals surface area contributed by atoms with Gasteiger partial charge in [0.05, 0.1) is 11.2 Å². The smallest absolute Gasteiger partial charge is 0.289 e. The fraction of sp³-hybridized carbons (Fsp3) is 0.286. The first-order valence-electron chi connectivity index (χ1n) is 9.61. The maximum atomic E-state index is 12.6. The maximum absolute atomic E-state index is 12.6. The molecule has 1 aliphatic heterocycles. The number of methoxy groups -OCH3 is 1. The van der Waals surface area contributed by atoms with Crippen molar-refractivity contribution in [2.24, 2.45) is 0 Å². The summed E-state index contributed by atoms with van der Waals surface area (Å²) in [4.78, 5) is 27.0. The van der Waals surface area contributed by atoms with E-state index in [0.29, 0.717) is 34.5 Å². The Balaban J connectivity index is 1.67. The number of thiocarbonyl (C=S) groups is 1. The van der Waals surface area contributed by atoms with Gasteiger partial charge in [-0.3, -0.25) is 14.5 Å². The molecule has 1 atom stereocenters. The number of furan rings is 1. The fourth-order valence-electron chi connectivity index (χ4n) is 2.77. The van der Waals surface area contributed by atoms with Crippen LogP contribution in [0.1, 0.15) is 22.5 Å². The maximum Gasteiger partial charge on any atom is 0.289 e. The summed E-state index contributed by atoms with van der Waals surface area (Å²) >= 11 is 24.5. The minimum Gasteiger partial charge on any atom is -0.466 e. The number of amides is 2. The number of rotatable bonds is 9. The lowest BCUT2D eigenvalue weighted by atomic mass is 10.2. The Morgan fingerprint density at radius 2 is 2.03 bits per heavy atom. The Morgan fingerprint density at radius 3 is 2.64 bits per heavy atom. The number of nitrogens with one attached hydrogen (secondary N) is 1. The van der Waals surface area contributed by atoms with E-state index < -0.39 is 15.9 Å². The summed E-state index contributed by atoms with van der Waals surface area (Å²) in [7, 11) is 1.61. The van der Waals surface area contributed by atoms with Crippen LogP contribution in [0, 0.1) is 0 Å². The Morgan fingerprint density at radius 1 is 1.30 bits per heavy atom. The van der Waals surface area contributed by atoms with Crippen molar-refractivity contribution in [3.8, 4) is 5.75 Å². The van der Waals surface area contributed by atoms with Gasteiger partial charge in [-0.1, -0.05) is 70.9 Å². The zero-order valence-electron chi connectivity index (χ0n) is 17.3. The summed E-state index contributed by atoms with van der Waals surface area (Å²) in [6.45, 7) is 1.06. The van der Waals surface area contributed by atoms with Gasteiger partial charge in [-0.25, -0.2) is 0 Å². The number of hydrogen-bond acceptors (Lipinski definition) is 7. The van der Waals surface area contributed by atoms with Gasteiger partial charge in [-0.15, -0.1) is 0 Å². The molecule has 1 aliphatic rings. The lowest BCUT2D eigenvalue weighted by Crippen LogP contribution is -2.47. The van der Waals surface area contributed by atoms with Crippen LogP contribution in [0.2, 0.25) is 0 Å². The highest BCUT2D eigenvalue weighted by Crippen LogP contribution is 2.34. The Kier molecular flexibility index (Phi) is 9.09. The first kappa shape index (κ1) is 25.9. The lowest BCUT2D eigenvalue weighted by Gasteiger charge is -2.26. The zero-order chi connectivity index (χ0) is 24.0. The summed E-state index contributed by atoms with van der Waals surface area (Å²) in [5.74, 6) is -0.345. The van der Waals surface area contributed by atoms with Crippen molar-refractivity contribution >= 4 is 81.0 Å². The van der Waals surface area contributed by atoms with Crippen LogP contribution in [0.5, 0.6) is 5.75 Å². The van der Waals surface area contributed by atoms with Gasteiger partial charge in [-0.05, 0) is 42.3 Å². The molecule has 1 N–H and O–H groups in total. The van der Waals surface area contributed by atoms with E-state index in [-0.39, 0.29) is 11.7 Å². The third-order valence-electron chi connectivity index (χ3n) is 4.34. The van der Waals surface area contributed by atoms with Crippen molar-refractivity contribution < 1.29 is 23.5 Å². The molecule has 1 aromatic carbocycles. The summed E-state index contributed by atoms with van der Waals surface area (Å²) in [6, 6.07) is 9.76. The number of benzene rings is 1. The molecule has 33 heavy (non-hydrogen) atoms. The number of hydrogen-bond donors (Lipinski definition) is 1. The van der Waals surface area contributed by atoms with Crippen molar-refractivity contribution in [3.63, 3.8) is 0 Å². The molecule has 2 amide bonds. The van der Waals surface area contributed by atoms with E-state index in [2.05, 4.69) is 5.32 Å². The molecule has 1 saturated heterocycles. The van der Waals surface area contributed by atoms with Crippen LogP contribution >= 0.6 is 58.8 Å². The van der Waals surface area contributed by atoms with Crippen LogP contribution in [0.3, 0.4) is 0 Å². The molecule has 1 aromatic heterocycles. The zero-order valence-corrected chi connectivity index (χ0v) is 21.2. The second kappa shape index (κ2) is 11.6. The fourth-order valence-corrected chi connectivity index (χ4v) is 4.37. The average molecular weight is 550 g/mol. The van der Waals surface area contributed by atoms with Crippen LogP contribution in [-0.2, 0) is 9.53 Å². The Bertz CT molecular complexity index is 1020. The summed E-state index contributed by atoms with van der Waals surface area (Å²) < 4.78 is 14.3. The van der Waals surface area contributed by atoms with Gasteiger partial charge in [0.2, 0.25) is 10.0 Å². The van der Waals surface area contributed by atoms with Crippen molar-refractivity contribution in [1.29, 1.82) is 0 Å². The molecule has 0 saturated carbocycles. The van der Waals surface area contributed by atoms with Crippen LogP contribution in [0.15, 0.2) is 52.0 Å². The van der Waals surface area contributed by atoms with Crippen molar-refractivity contribution in [2.45, 2.75) is 16.4 Å². The Hall–Kier alpha value is -1.75. The first-order chi connectivity index (χ1) is 15.7. The normalized spacial score (nSPS) is 16.4. The van der Waals surface area contributed by atoms with Crippen LogP contribution in [0.4, 0.5) is 0 Å². The molecule has 176 valence electrons. The van der Waals surface area contributed by atoms with E-state index in [1.807, 2.05) is 0 Å². The molecule has 0 radical (unpaired) electrons. The molecular weight excluding hydrogens is 531 g/mol. The van der Waals surface area contributed by atoms with Crippen LogP contribution in [-0.4, -0.2) is 51.3 Å². The molecule has 7 nitrogen and oxygen atoms in total. The predicted molar refractivity (Wildman–Crippen MR) is 134 cm³/mol. The molecule has 3 rings (SSSR count). The second-order valence-electron chi connectivity index (χ2n) is 6.74. The molecule has 2 heterocycles. The highest BCUT2D eigenvalue weighted by molar-refractivity contribution is 8.26. The van der Waals surface area contributed by atoms with Crippen molar-refractivity contribution in [2.75, 3.05) is 20.3 Å². The van der Waals surface area contributed by atoms with E-state index >= 15 is 0 Å². The standard InChI is InChI=1S/C21H19Cl3N2O5S2/c1-29-10-3-9-26-18(28)16(33-20(26)32)12-13-5-7-14(8-6-13)31-19(21(22,23)24)25-17(27)15-4-2-11-30-15/h2,4-8,11-12,19H,3,9-10H2,1H3,(H,25,27). The second-order valence-corrected chi connectivity index (χ2v) is 10.8. The topological polar surface area (TPSA) is 81.0 Å². The van der Waals surface area contributed by atoms with Gasteiger partial charge in [0.15, 0.2) is 5.76 Å². The highest BCUT2D eigenvalue weighted by Gasteiger charge is 2.37. The molecule has 1 fully saturated rings. The van der Waals surface area contributed by atoms with E-state index in [0.717, 1.165) is 5.56 Å². The van der Waals surface area contributed by atoms with Crippen LogP contribution in [0.25, 0.3) is 6.08 Å². The summed E-state index contributed by atoms with van der Waals surface area (Å²) in [6.07, 6.45) is 2.51. The van der Waals surface area contributed by atoms with Gasteiger partial charge in [0.1, 0.15) is 10.1 Å². The van der Waals surface area contributed by atoms with E-state index in [9.17, 15) is 9.59 Å². The number of carbonyl (C=O) groups is 2. The molecule has 0 bridgehead atoms. The molecule has 1 unspecified atom stereocenters. The number of alkyl halides is 3. The number of carbonyl (C=O) groups excluding carboxylic acids is 2. The van der Waals surface area contributed by atoms with Gasteiger partial charge in [-0.2, -0.15) is 0 Å². The summed E-state index contributed by atoms with van der Waals surface area (Å²) in [5, 5.41) is 2.48. The molecule has 0 spiro atoms. The highest BCUT2D eigenvalue weighted by atomic mass is 35.6. The van der Waals surface area contributed by atoms with Gasteiger partial charge >= 0.3 is 0 Å². The largest absolute Gasteiger partial charge is 0.466 e. The lowest BCUT2D eigenvalue weighted by molar-refractivity contribution is -0.122. The molecule has 0 aliphatic carbocycles. The SMILES string of the molecule is COCCCN1C(=O)C(=Cc2ccc(OC(NC(=O)c3ccco3)C(Cl)(Cl)Cl)cc2)SC1=S. The van der Waals surface area contributed by atoms with Crippen molar-refractivity contribution in [1.82, 2.24) is 10.2 Å². The van der Waals surface area contributed by atoms with Gasteiger partial charge < -0.3 is 19.2 Å². The van der Waals surface area contributed by atoms with E-state index in [1.165, 1.54) is 24.1 Å². The number of halogens is 3. The average Bonchev–Trinajstić information content (AvgIpc) is 3.39. The summed E-state index contributed by atoms with van der Waals surface area (Å²) in [5.41, 5.74) is 0.754. The van der Waals surface area contributed by atoms with E-state index in [4.69, 9.17) is 60.9 Å². The third kappa shape index (κ3) is 7.11. The third-order valence-corrected chi connectivity index (χ3v) is 6.31. The number of ether oxygens (including phenoxy) is 2. The molecular formula is C21H19Cl3N2O5S2. The number of thioether (sulfide) groups is 1. The quantitative estimate of drug-likeness (QED) is 0.155. The Labute approximate surface area is 215 Å². The minimum absolute atomic E-state index is 0.0488. The minimum atomic E-state index is -1.95. The van der Waals surface area contributed by atoms with Crippen LogP contribution < -0.4 is 10.1 Å². The van der Waals surface area contributed by atoms with Crippen molar-refractivity contribution in [3.05, 3.63) is 58.9 Å². The van der Waals surface area contributed by atoms with Gasteiger partial charge in [0.25, 0.3) is 11.8 Å².